The van der Waals surface area contributed by atoms with Gasteiger partial charge in [0, 0.05) is 32.6 Å². The van der Waals surface area contributed by atoms with Gasteiger partial charge in [-0.2, -0.15) is 0 Å². The molecule has 0 saturated carbocycles. The number of fused-ring (bicyclic) bond motifs is 1. The van der Waals surface area contributed by atoms with E-state index in [0.717, 1.165) is 56.8 Å². The van der Waals surface area contributed by atoms with Crippen LogP contribution in [0.1, 0.15) is 32.6 Å². The molecule has 3 heterocycles. The first-order chi connectivity index (χ1) is 10.8. The van der Waals surface area contributed by atoms with Crippen LogP contribution in [0.2, 0.25) is 0 Å². The summed E-state index contributed by atoms with van der Waals surface area (Å²) < 4.78 is 0. The lowest BCUT2D eigenvalue weighted by molar-refractivity contribution is -0.131. The first-order valence-corrected chi connectivity index (χ1v) is 7.96. The molecular formula is C15H22N6O. The Hall–Kier alpha value is -2.18. The van der Waals surface area contributed by atoms with E-state index in [4.69, 9.17) is 0 Å². The fourth-order valence-electron chi connectivity index (χ4n) is 2.84. The van der Waals surface area contributed by atoms with Crippen molar-refractivity contribution in [1.82, 2.24) is 24.8 Å². The lowest BCUT2D eigenvalue weighted by Crippen LogP contribution is -2.49. The fraction of sp³-hybridized carbons (Fsp3) is 0.600. The zero-order valence-electron chi connectivity index (χ0n) is 13.0. The van der Waals surface area contributed by atoms with Gasteiger partial charge in [-0.15, -0.1) is 0 Å². The van der Waals surface area contributed by atoms with Gasteiger partial charge in [0.25, 0.3) is 0 Å². The van der Waals surface area contributed by atoms with Crippen molar-refractivity contribution in [3.63, 3.8) is 0 Å². The van der Waals surface area contributed by atoms with Crippen molar-refractivity contribution in [2.24, 2.45) is 0 Å². The van der Waals surface area contributed by atoms with Crippen molar-refractivity contribution in [3.8, 4) is 0 Å². The smallest absolute Gasteiger partial charge is 0.222 e. The molecule has 0 bridgehead atoms. The van der Waals surface area contributed by atoms with E-state index in [1.807, 2.05) is 4.90 Å². The van der Waals surface area contributed by atoms with Crippen LogP contribution in [-0.2, 0) is 4.79 Å². The molecule has 1 aliphatic heterocycles. The van der Waals surface area contributed by atoms with Gasteiger partial charge in [-0.25, -0.2) is 15.0 Å². The number of imidazole rings is 1. The number of amides is 1. The quantitative estimate of drug-likeness (QED) is 0.848. The summed E-state index contributed by atoms with van der Waals surface area (Å²) in [5, 5.41) is 0. The van der Waals surface area contributed by atoms with Gasteiger partial charge < -0.3 is 14.8 Å². The number of unbranched alkanes of at least 4 members (excludes halogenated alkanes) is 2. The normalized spacial score (nSPS) is 15.5. The number of carbonyl (C=O) groups is 1. The molecule has 7 heteroatoms. The standard InChI is InChI=1S/C15H22N6O/c1-2-3-4-5-12(22)20-6-8-21(9-7-20)15-13-14(17-10-16-13)18-11-19-15/h10-11H,2-9H2,1H3,(H,16,17,18,19). The molecule has 0 aliphatic carbocycles. The van der Waals surface area contributed by atoms with Crippen LogP contribution in [0.5, 0.6) is 0 Å². The van der Waals surface area contributed by atoms with Crippen molar-refractivity contribution >= 4 is 22.9 Å². The molecular weight excluding hydrogens is 280 g/mol. The van der Waals surface area contributed by atoms with Crippen LogP contribution in [-0.4, -0.2) is 56.9 Å². The van der Waals surface area contributed by atoms with Crippen LogP contribution < -0.4 is 4.90 Å². The first kappa shape index (κ1) is 14.7. The summed E-state index contributed by atoms with van der Waals surface area (Å²) in [5.74, 6) is 1.16. The van der Waals surface area contributed by atoms with Crippen molar-refractivity contribution in [2.75, 3.05) is 31.1 Å². The third kappa shape index (κ3) is 3.03. The average molecular weight is 302 g/mol. The van der Waals surface area contributed by atoms with Crippen molar-refractivity contribution in [3.05, 3.63) is 12.7 Å². The van der Waals surface area contributed by atoms with Crippen molar-refractivity contribution in [2.45, 2.75) is 32.6 Å². The van der Waals surface area contributed by atoms with Crippen LogP contribution in [0.4, 0.5) is 5.82 Å². The van der Waals surface area contributed by atoms with E-state index in [2.05, 4.69) is 31.8 Å². The van der Waals surface area contributed by atoms with E-state index in [9.17, 15) is 4.79 Å². The third-order valence-electron chi connectivity index (χ3n) is 4.13. The van der Waals surface area contributed by atoms with E-state index in [1.165, 1.54) is 0 Å². The lowest BCUT2D eigenvalue weighted by atomic mass is 10.2. The second kappa shape index (κ2) is 6.72. The Morgan fingerprint density at radius 3 is 2.77 bits per heavy atom. The summed E-state index contributed by atoms with van der Waals surface area (Å²) in [6.07, 6.45) is 7.12. The molecule has 1 fully saturated rings. The predicted molar refractivity (Wildman–Crippen MR) is 84.6 cm³/mol. The zero-order valence-corrected chi connectivity index (χ0v) is 13.0. The SMILES string of the molecule is CCCCCC(=O)N1CCN(c2ncnc3nc[nH]c23)CC1. The highest BCUT2D eigenvalue weighted by atomic mass is 16.2. The van der Waals surface area contributed by atoms with Gasteiger partial charge >= 0.3 is 0 Å². The van der Waals surface area contributed by atoms with Gasteiger partial charge in [0.1, 0.15) is 11.8 Å². The highest BCUT2D eigenvalue weighted by molar-refractivity contribution is 5.83. The van der Waals surface area contributed by atoms with Gasteiger partial charge in [0.15, 0.2) is 11.5 Å². The van der Waals surface area contributed by atoms with Gasteiger partial charge in [0.05, 0.1) is 6.33 Å². The van der Waals surface area contributed by atoms with Gasteiger partial charge in [0.2, 0.25) is 5.91 Å². The first-order valence-electron chi connectivity index (χ1n) is 7.96. The molecule has 0 aromatic carbocycles. The van der Waals surface area contributed by atoms with E-state index in [0.29, 0.717) is 12.1 Å². The number of piperazine rings is 1. The van der Waals surface area contributed by atoms with E-state index < -0.39 is 0 Å². The maximum atomic E-state index is 12.2. The molecule has 1 N–H and O–H groups in total. The second-order valence-corrected chi connectivity index (χ2v) is 5.62. The summed E-state index contributed by atoms with van der Waals surface area (Å²) in [5.41, 5.74) is 1.55. The number of rotatable bonds is 5. The van der Waals surface area contributed by atoms with Crippen LogP contribution in [0, 0.1) is 0 Å². The van der Waals surface area contributed by atoms with Gasteiger partial charge in [-0.05, 0) is 6.42 Å². The maximum absolute atomic E-state index is 12.2. The molecule has 118 valence electrons. The summed E-state index contributed by atoms with van der Waals surface area (Å²) in [4.78, 5) is 32.1. The monoisotopic (exact) mass is 302 g/mol. The van der Waals surface area contributed by atoms with Crippen LogP contribution >= 0.6 is 0 Å². The molecule has 3 rings (SSSR count). The van der Waals surface area contributed by atoms with Crippen LogP contribution in [0.15, 0.2) is 12.7 Å². The molecule has 0 spiro atoms. The predicted octanol–water partition coefficient (Wildman–Crippen LogP) is 1.58. The third-order valence-corrected chi connectivity index (χ3v) is 4.13. The number of carbonyl (C=O) groups excluding carboxylic acids is 1. The van der Waals surface area contributed by atoms with Crippen molar-refractivity contribution < 1.29 is 4.79 Å². The maximum Gasteiger partial charge on any atom is 0.222 e. The van der Waals surface area contributed by atoms with E-state index in [1.54, 1.807) is 12.7 Å². The Morgan fingerprint density at radius 1 is 1.18 bits per heavy atom. The minimum absolute atomic E-state index is 0.280. The largest absolute Gasteiger partial charge is 0.351 e. The summed E-state index contributed by atoms with van der Waals surface area (Å²) in [7, 11) is 0. The number of hydrogen-bond donors (Lipinski definition) is 1. The van der Waals surface area contributed by atoms with Crippen LogP contribution in [0.3, 0.4) is 0 Å². The number of hydrogen-bond acceptors (Lipinski definition) is 5. The van der Waals surface area contributed by atoms with Gasteiger partial charge in [-0.3, -0.25) is 4.79 Å². The lowest BCUT2D eigenvalue weighted by Gasteiger charge is -2.35. The van der Waals surface area contributed by atoms with E-state index in [-0.39, 0.29) is 5.91 Å². The molecule has 0 atom stereocenters. The Morgan fingerprint density at radius 2 is 2.00 bits per heavy atom. The molecule has 2 aromatic rings. The Balaban J connectivity index is 1.60. The molecule has 1 saturated heterocycles. The van der Waals surface area contributed by atoms with Crippen LogP contribution in [0.25, 0.3) is 11.2 Å². The molecule has 1 aliphatic rings. The number of aromatic amines is 1. The summed E-state index contributed by atoms with van der Waals surface area (Å²) in [6.45, 7) is 5.26. The number of aromatic nitrogens is 4. The number of nitrogens with zero attached hydrogens (tertiary/aromatic N) is 5. The minimum Gasteiger partial charge on any atom is -0.351 e. The minimum atomic E-state index is 0.280. The molecule has 22 heavy (non-hydrogen) atoms. The Bertz CT molecular complexity index is 632. The number of H-pyrrole nitrogens is 1. The highest BCUT2D eigenvalue weighted by Crippen LogP contribution is 2.21. The van der Waals surface area contributed by atoms with E-state index >= 15 is 0 Å². The molecule has 1 amide bonds. The molecule has 2 aromatic heterocycles. The fourth-order valence-corrected chi connectivity index (χ4v) is 2.84. The number of anilines is 1. The average Bonchev–Trinajstić information content (AvgIpc) is 3.04. The second-order valence-electron chi connectivity index (χ2n) is 5.62. The topological polar surface area (TPSA) is 78.0 Å². The Labute approximate surface area is 129 Å². The molecule has 0 radical (unpaired) electrons. The van der Waals surface area contributed by atoms with Gasteiger partial charge in [-0.1, -0.05) is 19.8 Å². The Kier molecular flexibility index (Phi) is 4.50. The molecule has 7 nitrogen and oxygen atoms in total. The highest BCUT2D eigenvalue weighted by Gasteiger charge is 2.23. The zero-order chi connectivity index (χ0) is 15.4. The summed E-state index contributed by atoms with van der Waals surface area (Å²) >= 11 is 0. The van der Waals surface area contributed by atoms with Crippen molar-refractivity contribution in [1.29, 1.82) is 0 Å². The molecule has 0 unspecified atom stereocenters. The number of nitrogens with one attached hydrogen (secondary N) is 1. The summed E-state index contributed by atoms with van der Waals surface area (Å²) in [6, 6.07) is 0.